The Kier molecular flexibility index (Phi) is 9.63. The fraction of sp³-hybridized carbons (Fsp3) is 0.308. The molecule has 2 amide bonds. The van der Waals surface area contributed by atoms with Crippen LogP contribution in [-0.4, -0.2) is 35.9 Å². The summed E-state index contributed by atoms with van der Waals surface area (Å²) in [7, 11) is 0. The van der Waals surface area contributed by atoms with Gasteiger partial charge in [-0.1, -0.05) is 73.4 Å². The van der Waals surface area contributed by atoms with Gasteiger partial charge in [0.25, 0.3) is 5.91 Å². The predicted octanol–water partition coefficient (Wildman–Crippen LogP) is 6.62. The third-order valence-corrected chi connectivity index (χ3v) is 7.03. The number of hydrogen-bond acceptors (Lipinski definition) is 3. The molecule has 0 aliphatic rings. The number of halogens is 3. The summed E-state index contributed by atoms with van der Waals surface area (Å²) in [6, 6.07) is 16.1. The number of nitrogens with one attached hydrogen (secondary N) is 1. The average Bonchev–Trinajstić information content (AvgIpc) is 2.84. The van der Waals surface area contributed by atoms with E-state index in [4.69, 9.17) is 27.9 Å². The first-order valence-corrected chi connectivity index (χ1v) is 12.7. The molecule has 0 radical (unpaired) electrons. The van der Waals surface area contributed by atoms with E-state index in [0.29, 0.717) is 34.3 Å². The van der Waals surface area contributed by atoms with Crippen molar-refractivity contribution in [3.63, 3.8) is 0 Å². The van der Waals surface area contributed by atoms with Gasteiger partial charge in [0.2, 0.25) is 5.91 Å². The van der Waals surface area contributed by atoms with Crippen molar-refractivity contribution in [2.75, 3.05) is 13.2 Å². The highest BCUT2D eigenvalue weighted by Crippen LogP contribution is 2.33. The van der Waals surface area contributed by atoms with Gasteiger partial charge in [-0.15, -0.1) is 0 Å². The van der Waals surface area contributed by atoms with Crippen molar-refractivity contribution in [3.8, 4) is 5.75 Å². The molecule has 1 N–H and O–H groups in total. The zero-order chi connectivity index (χ0) is 24.7. The summed E-state index contributed by atoms with van der Waals surface area (Å²) in [6.07, 6.45) is 1.23. The summed E-state index contributed by atoms with van der Waals surface area (Å²) in [5.41, 5.74) is 0.591. The van der Waals surface area contributed by atoms with Gasteiger partial charge in [-0.2, -0.15) is 0 Å². The van der Waals surface area contributed by atoms with Crippen LogP contribution < -0.4 is 10.1 Å². The third-order valence-electron chi connectivity index (χ3n) is 5.50. The number of carbonyl (C=O) groups is 2. The first-order chi connectivity index (χ1) is 16.4. The lowest BCUT2D eigenvalue weighted by molar-refractivity contribution is -0.143. The van der Waals surface area contributed by atoms with E-state index in [2.05, 4.69) is 21.2 Å². The Balaban J connectivity index is 1.86. The number of nitrogens with zero attached hydrogens (tertiary/aromatic N) is 1. The van der Waals surface area contributed by atoms with Crippen LogP contribution in [0.3, 0.4) is 0 Å². The number of rotatable bonds is 10. The van der Waals surface area contributed by atoms with Gasteiger partial charge in [-0.25, -0.2) is 0 Å². The van der Waals surface area contributed by atoms with E-state index in [1.54, 1.807) is 18.2 Å². The molecule has 0 bridgehead atoms. The molecular formula is C26H27BrCl2N2O3. The highest BCUT2D eigenvalue weighted by molar-refractivity contribution is 9.10. The maximum absolute atomic E-state index is 13.4. The van der Waals surface area contributed by atoms with E-state index >= 15 is 0 Å². The van der Waals surface area contributed by atoms with E-state index < -0.39 is 6.04 Å². The lowest BCUT2D eigenvalue weighted by Gasteiger charge is -2.31. The van der Waals surface area contributed by atoms with E-state index in [0.717, 1.165) is 21.7 Å². The first kappa shape index (κ1) is 26.3. The second-order valence-corrected chi connectivity index (χ2v) is 9.43. The van der Waals surface area contributed by atoms with Crippen molar-refractivity contribution < 1.29 is 14.3 Å². The van der Waals surface area contributed by atoms with Crippen LogP contribution in [0.2, 0.25) is 10.0 Å². The molecule has 180 valence electrons. The zero-order valence-electron chi connectivity index (χ0n) is 19.1. The van der Waals surface area contributed by atoms with Crippen molar-refractivity contribution in [1.29, 1.82) is 0 Å². The lowest BCUT2D eigenvalue weighted by Crippen LogP contribution is -2.50. The Morgan fingerprint density at radius 1 is 1.03 bits per heavy atom. The maximum Gasteiger partial charge on any atom is 0.261 e. The lowest BCUT2D eigenvalue weighted by atomic mass is 10.1. The average molecular weight is 566 g/mol. The third kappa shape index (κ3) is 6.23. The summed E-state index contributed by atoms with van der Waals surface area (Å²) < 4.78 is 6.68. The normalized spacial score (nSPS) is 11.8. The molecule has 8 heteroatoms. The van der Waals surface area contributed by atoms with Crippen LogP contribution in [0.4, 0.5) is 0 Å². The molecule has 0 fully saturated rings. The van der Waals surface area contributed by atoms with Crippen LogP contribution in [-0.2, 0) is 16.1 Å². The molecule has 1 atom stereocenters. The number of hydrogen-bond donors (Lipinski definition) is 1. The maximum atomic E-state index is 13.4. The van der Waals surface area contributed by atoms with Gasteiger partial charge in [0.1, 0.15) is 11.8 Å². The van der Waals surface area contributed by atoms with Crippen molar-refractivity contribution in [2.24, 2.45) is 0 Å². The molecule has 5 nitrogen and oxygen atoms in total. The van der Waals surface area contributed by atoms with Crippen molar-refractivity contribution in [1.82, 2.24) is 10.2 Å². The molecule has 0 heterocycles. The highest BCUT2D eigenvalue weighted by atomic mass is 79.9. The summed E-state index contributed by atoms with van der Waals surface area (Å²) >= 11 is 16.3. The Labute approximate surface area is 218 Å². The van der Waals surface area contributed by atoms with Crippen LogP contribution in [0, 0.1) is 0 Å². The van der Waals surface area contributed by atoms with Gasteiger partial charge in [-0.05, 0) is 57.7 Å². The van der Waals surface area contributed by atoms with Gasteiger partial charge in [-0.3, -0.25) is 9.59 Å². The Hall–Kier alpha value is -2.28. The van der Waals surface area contributed by atoms with Gasteiger partial charge in [0.15, 0.2) is 6.61 Å². The summed E-state index contributed by atoms with van der Waals surface area (Å²) in [5, 5.41) is 5.81. The molecule has 0 spiro atoms. The van der Waals surface area contributed by atoms with Crippen LogP contribution in [0.1, 0.15) is 32.3 Å². The molecule has 0 saturated carbocycles. The van der Waals surface area contributed by atoms with Gasteiger partial charge in [0.05, 0.1) is 4.47 Å². The molecule has 0 aromatic heterocycles. The predicted molar refractivity (Wildman–Crippen MR) is 142 cm³/mol. The molecular weight excluding hydrogens is 539 g/mol. The highest BCUT2D eigenvalue weighted by Gasteiger charge is 2.30. The summed E-state index contributed by atoms with van der Waals surface area (Å²) in [5.74, 6) is -0.00596. The minimum absolute atomic E-state index is 0.0949. The standard InChI is InChI=1S/C26H27BrCl2N2O3/c1-3-14-30-26(33)22(4-2)31(15-19-20(28)10-7-11-21(19)29)24(32)16-34-23-13-12-17-8-5-6-9-18(17)25(23)27/h5-13,22H,3-4,14-16H2,1-2H3,(H,30,33)/t22-/m0/s1. The topological polar surface area (TPSA) is 58.6 Å². The van der Waals surface area contributed by atoms with Crippen LogP contribution in [0.25, 0.3) is 10.8 Å². The number of benzene rings is 3. The van der Waals surface area contributed by atoms with E-state index in [1.807, 2.05) is 50.2 Å². The van der Waals surface area contributed by atoms with Gasteiger partial charge in [0, 0.05) is 28.7 Å². The number of amides is 2. The Bertz CT molecular complexity index is 1150. The monoisotopic (exact) mass is 564 g/mol. The first-order valence-electron chi connectivity index (χ1n) is 11.2. The fourth-order valence-electron chi connectivity index (χ4n) is 3.69. The number of carbonyl (C=O) groups excluding carboxylic acids is 2. The van der Waals surface area contributed by atoms with Crippen molar-refractivity contribution in [3.05, 3.63) is 74.7 Å². The minimum atomic E-state index is -0.685. The largest absolute Gasteiger partial charge is 0.483 e. The fourth-order valence-corrected chi connectivity index (χ4v) is 4.81. The van der Waals surface area contributed by atoms with Gasteiger partial charge >= 0.3 is 0 Å². The molecule has 0 aliphatic carbocycles. The smallest absolute Gasteiger partial charge is 0.261 e. The minimum Gasteiger partial charge on any atom is -0.483 e. The summed E-state index contributed by atoms with van der Waals surface area (Å²) in [4.78, 5) is 27.8. The molecule has 3 aromatic rings. The molecule has 0 aliphatic heterocycles. The second-order valence-electron chi connectivity index (χ2n) is 7.82. The molecule has 34 heavy (non-hydrogen) atoms. The second kappa shape index (κ2) is 12.4. The Morgan fingerprint density at radius 2 is 1.74 bits per heavy atom. The Morgan fingerprint density at radius 3 is 2.41 bits per heavy atom. The van der Waals surface area contributed by atoms with Crippen molar-refractivity contribution >= 4 is 61.7 Å². The van der Waals surface area contributed by atoms with Crippen LogP contribution >= 0.6 is 39.1 Å². The quantitative estimate of drug-likeness (QED) is 0.300. The van der Waals surface area contributed by atoms with Gasteiger partial charge < -0.3 is 15.0 Å². The van der Waals surface area contributed by atoms with Crippen LogP contribution in [0.5, 0.6) is 5.75 Å². The summed E-state index contributed by atoms with van der Waals surface area (Å²) in [6.45, 7) is 4.23. The van der Waals surface area contributed by atoms with Crippen LogP contribution in [0.15, 0.2) is 59.1 Å². The molecule has 0 saturated heterocycles. The molecule has 3 rings (SSSR count). The zero-order valence-corrected chi connectivity index (χ0v) is 22.2. The molecule has 3 aromatic carbocycles. The van der Waals surface area contributed by atoms with Crippen molar-refractivity contribution in [2.45, 2.75) is 39.3 Å². The van der Waals surface area contributed by atoms with E-state index in [9.17, 15) is 9.59 Å². The molecule has 0 unspecified atom stereocenters. The number of fused-ring (bicyclic) bond motifs is 1. The number of ether oxygens (including phenoxy) is 1. The SMILES string of the molecule is CCCNC(=O)[C@H](CC)N(Cc1c(Cl)cccc1Cl)C(=O)COc1ccc2ccccc2c1Br. The van der Waals surface area contributed by atoms with E-state index in [1.165, 1.54) is 4.90 Å². The van der Waals surface area contributed by atoms with E-state index in [-0.39, 0.29) is 25.0 Å².